The number of rotatable bonds is 5. The van der Waals surface area contributed by atoms with Gasteiger partial charge in [0.05, 0.1) is 11.0 Å². The monoisotopic (exact) mass is 621 g/mol. The Kier molecular flexibility index (Phi) is 6.65. The topological polar surface area (TPSA) is 21.1 Å². The van der Waals surface area contributed by atoms with Gasteiger partial charge in [-0.3, -0.25) is 4.90 Å². The molecule has 3 aliphatic carbocycles. The summed E-state index contributed by atoms with van der Waals surface area (Å²) in [4.78, 5) is 7.17. The second kappa shape index (κ2) is 11.1. The van der Waals surface area contributed by atoms with E-state index in [-0.39, 0.29) is 11.3 Å². The molecule has 0 radical (unpaired) electrons. The van der Waals surface area contributed by atoms with Crippen LogP contribution in [0, 0.1) is 5.92 Å². The lowest BCUT2D eigenvalue weighted by Crippen LogP contribution is -2.22. The lowest BCUT2D eigenvalue weighted by molar-refractivity contribution is 0.628. The SMILES string of the molecule is CC1C=C(N(c2ccc3c(c2)C(C)(C)c2ccccc2-3)c2ccccn2)C=CC1c1ccc2c(c1)c1ccccc1n2C1=CC=CCC1. The largest absolute Gasteiger partial charge is 0.313 e. The van der Waals surface area contributed by atoms with Gasteiger partial charge in [-0.15, -0.1) is 0 Å². The fourth-order valence-corrected chi connectivity index (χ4v) is 8.38. The summed E-state index contributed by atoms with van der Waals surface area (Å²) in [5, 5.41) is 2.64. The number of hydrogen-bond acceptors (Lipinski definition) is 2. The fraction of sp³-hybridized carbons (Fsp3) is 0.178. The predicted molar refractivity (Wildman–Crippen MR) is 202 cm³/mol. The second-order valence-electron chi connectivity index (χ2n) is 14.0. The van der Waals surface area contributed by atoms with Crippen LogP contribution in [-0.4, -0.2) is 9.55 Å². The average Bonchev–Trinajstić information content (AvgIpc) is 3.57. The number of nitrogens with zero attached hydrogens (tertiary/aromatic N) is 3. The Balaban J connectivity index is 1.10. The number of benzene rings is 4. The van der Waals surface area contributed by atoms with Crippen molar-refractivity contribution < 1.29 is 0 Å². The fourth-order valence-electron chi connectivity index (χ4n) is 8.38. The van der Waals surface area contributed by atoms with Gasteiger partial charge >= 0.3 is 0 Å². The summed E-state index contributed by atoms with van der Waals surface area (Å²) in [6, 6.07) is 38.0. The summed E-state index contributed by atoms with van der Waals surface area (Å²) in [5.74, 6) is 1.49. The van der Waals surface area contributed by atoms with Crippen LogP contribution in [0.2, 0.25) is 0 Å². The number of anilines is 2. The molecule has 2 aromatic heterocycles. The first kappa shape index (κ1) is 28.8. The van der Waals surface area contributed by atoms with Crippen molar-refractivity contribution in [3.8, 4) is 11.1 Å². The van der Waals surface area contributed by atoms with Crippen LogP contribution in [0.3, 0.4) is 0 Å². The van der Waals surface area contributed by atoms with Crippen LogP contribution in [0.4, 0.5) is 11.5 Å². The zero-order valence-corrected chi connectivity index (χ0v) is 27.8. The van der Waals surface area contributed by atoms with Crippen LogP contribution in [0.5, 0.6) is 0 Å². The first-order valence-electron chi connectivity index (χ1n) is 17.2. The molecule has 234 valence electrons. The maximum absolute atomic E-state index is 4.85. The lowest BCUT2D eigenvalue weighted by atomic mass is 9.82. The highest BCUT2D eigenvalue weighted by Crippen LogP contribution is 2.50. The molecule has 2 heterocycles. The van der Waals surface area contributed by atoms with Crippen molar-refractivity contribution in [2.24, 2.45) is 5.92 Å². The molecule has 9 rings (SSSR count). The molecule has 3 nitrogen and oxygen atoms in total. The van der Waals surface area contributed by atoms with E-state index in [1.165, 1.54) is 55.3 Å². The van der Waals surface area contributed by atoms with Crippen LogP contribution < -0.4 is 4.90 Å². The number of pyridine rings is 1. The van der Waals surface area contributed by atoms with E-state index in [4.69, 9.17) is 4.98 Å². The number of allylic oxidation sites excluding steroid dienone is 7. The number of hydrogen-bond donors (Lipinski definition) is 0. The molecule has 2 atom stereocenters. The van der Waals surface area contributed by atoms with Crippen LogP contribution in [-0.2, 0) is 5.41 Å². The van der Waals surface area contributed by atoms with Crippen molar-refractivity contribution >= 4 is 39.0 Å². The highest BCUT2D eigenvalue weighted by molar-refractivity contribution is 6.10. The molecule has 0 bridgehead atoms. The van der Waals surface area contributed by atoms with Gasteiger partial charge in [-0.1, -0.05) is 106 Å². The third-order valence-corrected chi connectivity index (χ3v) is 10.8. The molecule has 4 aromatic carbocycles. The van der Waals surface area contributed by atoms with E-state index in [1.807, 2.05) is 12.3 Å². The van der Waals surface area contributed by atoms with Crippen molar-refractivity contribution in [2.75, 3.05) is 4.90 Å². The molecule has 0 aliphatic heterocycles. The molecule has 0 saturated heterocycles. The zero-order valence-electron chi connectivity index (χ0n) is 27.8. The Morgan fingerprint density at radius 1 is 0.792 bits per heavy atom. The van der Waals surface area contributed by atoms with Gasteiger partial charge in [-0.05, 0) is 101 Å². The minimum atomic E-state index is -0.0706. The van der Waals surface area contributed by atoms with Gasteiger partial charge in [0.15, 0.2) is 0 Å². The van der Waals surface area contributed by atoms with E-state index in [0.717, 1.165) is 30.0 Å². The smallest absolute Gasteiger partial charge is 0.137 e. The number of aromatic nitrogens is 2. The zero-order chi connectivity index (χ0) is 32.4. The molecule has 2 unspecified atom stereocenters. The summed E-state index contributed by atoms with van der Waals surface area (Å²) in [5.41, 5.74) is 12.9. The Morgan fingerprint density at radius 3 is 2.44 bits per heavy atom. The number of para-hydroxylation sites is 1. The molecule has 0 saturated carbocycles. The average molecular weight is 622 g/mol. The van der Waals surface area contributed by atoms with Crippen LogP contribution >= 0.6 is 0 Å². The minimum absolute atomic E-state index is 0.0706. The first-order valence-corrected chi connectivity index (χ1v) is 17.2. The molecule has 3 heteroatoms. The van der Waals surface area contributed by atoms with Gasteiger partial charge in [0.2, 0.25) is 0 Å². The summed E-state index contributed by atoms with van der Waals surface area (Å²) in [6.45, 7) is 7.03. The van der Waals surface area contributed by atoms with Gasteiger partial charge in [0.1, 0.15) is 5.82 Å². The van der Waals surface area contributed by atoms with Crippen molar-refractivity contribution in [1.82, 2.24) is 9.55 Å². The molecule has 48 heavy (non-hydrogen) atoms. The minimum Gasteiger partial charge on any atom is -0.313 e. The third-order valence-electron chi connectivity index (χ3n) is 10.8. The van der Waals surface area contributed by atoms with Crippen LogP contribution in [0.1, 0.15) is 56.2 Å². The summed E-state index contributed by atoms with van der Waals surface area (Å²) in [7, 11) is 0. The van der Waals surface area contributed by atoms with E-state index in [2.05, 4.69) is 164 Å². The summed E-state index contributed by atoms with van der Waals surface area (Å²) in [6.07, 6.45) is 17.9. The van der Waals surface area contributed by atoms with Crippen molar-refractivity contribution in [1.29, 1.82) is 0 Å². The molecular weight excluding hydrogens is 583 g/mol. The number of fused-ring (bicyclic) bond motifs is 6. The van der Waals surface area contributed by atoms with Crippen molar-refractivity contribution in [2.45, 2.75) is 44.9 Å². The molecule has 3 aliphatic rings. The Labute approximate surface area is 282 Å². The third kappa shape index (κ3) is 4.45. The van der Waals surface area contributed by atoms with Crippen molar-refractivity contribution in [3.63, 3.8) is 0 Å². The van der Waals surface area contributed by atoms with Crippen molar-refractivity contribution in [3.05, 3.63) is 168 Å². The Morgan fingerprint density at radius 2 is 1.60 bits per heavy atom. The molecule has 0 N–H and O–H groups in total. The van der Waals surface area contributed by atoms with E-state index >= 15 is 0 Å². The van der Waals surface area contributed by atoms with E-state index in [9.17, 15) is 0 Å². The van der Waals surface area contributed by atoms with Crippen LogP contribution in [0.15, 0.2) is 151 Å². The molecule has 6 aromatic rings. The van der Waals surface area contributed by atoms with E-state index < -0.39 is 0 Å². The predicted octanol–water partition coefficient (Wildman–Crippen LogP) is 11.7. The normalized spacial score (nSPS) is 19.2. The highest BCUT2D eigenvalue weighted by atomic mass is 15.2. The van der Waals surface area contributed by atoms with E-state index in [0.29, 0.717) is 5.92 Å². The van der Waals surface area contributed by atoms with Gasteiger partial charge in [-0.2, -0.15) is 0 Å². The van der Waals surface area contributed by atoms with Crippen LogP contribution in [0.25, 0.3) is 38.6 Å². The first-order chi connectivity index (χ1) is 23.5. The van der Waals surface area contributed by atoms with E-state index in [1.54, 1.807) is 0 Å². The van der Waals surface area contributed by atoms with Gasteiger partial charge < -0.3 is 4.57 Å². The maximum Gasteiger partial charge on any atom is 0.137 e. The molecular formula is C45H39N3. The highest BCUT2D eigenvalue weighted by Gasteiger charge is 2.36. The van der Waals surface area contributed by atoms with Gasteiger partial charge in [0, 0.05) is 45.4 Å². The van der Waals surface area contributed by atoms with Gasteiger partial charge in [0.25, 0.3) is 0 Å². The Hall–Kier alpha value is -5.41. The summed E-state index contributed by atoms with van der Waals surface area (Å²) >= 11 is 0. The summed E-state index contributed by atoms with van der Waals surface area (Å²) < 4.78 is 2.47. The standard InChI is InChI=1S/C45H39N3/c1-30-27-33(47(44-19-11-12-26-46-44)34-22-24-37-36-15-7-9-17-40(36)45(2,3)41(37)29-34)21-23-35(30)31-20-25-43-39(28-31)38-16-8-10-18-42(38)48(43)32-13-5-4-6-14-32/h4-5,7-13,15-30,35H,6,14H2,1-3H3. The van der Waals surface area contributed by atoms with Gasteiger partial charge in [-0.25, -0.2) is 4.98 Å². The molecule has 0 fully saturated rings. The maximum atomic E-state index is 4.85. The molecule has 0 spiro atoms. The Bertz CT molecular complexity index is 2350. The molecule has 0 amide bonds. The lowest BCUT2D eigenvalue weighted by Gasteiger charge is -2.31. The quantitative estimate of drug-likeness (QED) is 0.191. The second-order valence-corrected chi connectivity index (χ2v) is 14.0.